The van der Waals surface area contributed by atoms with Crippen LogP contribution in [0.4, 0.5) is 5.69 Å². The van der Waals surface area contributed by atoms with Gasteiger partial charge < -0.3 is 16.4 Å². The number of amides is 1. The molecule has 1 atom stereocenters. The molecule has 0 saturated carbocycles. The Kier molecular flexibility index (Phi) is 6.29. The average molecular weight is 235 g/mol. The van der Waals surface area contributed by atoms with Crippen molar-refractivity contribution in [2.24, 2.45) is 5.73 Å². The largest absolute Gasteiger partial charge is 0.330 e. The topological polar surface area (TPSA) is 67.2 Å². The molecule has 1 unspecified atom stereocenters. The van der Waals surface area contributed by atoms with Crippen LogP contribution in [0.15, 0.2) is 30.3 Å². The number of carbonyl (C=O) groups excluding carboxylic acids is 1. The Balaban J connectivity index is 2.25. The molecule has 1 amide bonds. The minimum absolute atomic E-state index is 0.0314. The van der Waals surface area contributed by atoms with Crippen LogP contribution >= 0.6 is 0 Å². The Bertz CT molecular complexity index is 327. The van der Waals surface area contributed by atoms with E-state index in [9.17, 15) is 4.79 Å². The summed E-state index contributed by atoms with van der Waals surface area (Å²) in [4.78, 5) is 11.7. The molecule has 4 nitrogen and oxygen atoms in total. The first kappa shape index (κ1) is 13.7. The van der Waals surface area contributed by atoms with Gasteiger partial charge in [-0.2, -0.15) is 0 Å². The number of hydrogen-bond donors (Lipinski definition) is 3. The number of hydrogen-bond acceptors (Lipinski definition) is 3. The van der Waals surface area contributed by atoms with Gasteiger partial charge >= 0.3 is 0 Å². The van der Waals surface area contributed by atoms with Crippen molar-refractivity contribution < 1.29 is 4.79 Å². The molecule has 4 heteroatoms. The number of rotatable bonds is 7. The van der Waals surface area contributed by atoms with Gasteiger partial charge in [0, 0.05) is 18.2 Å². The molecule has 0 aliphatic carbocycles. The molecule has 0 saturated heterocycles. The number of nitrogens with two attached hydrogens (primary N) is 1. The summed E-state index contributed by atoms with van der Waals surface area (Å²) in [6, 6.07) is 9.66. The molecule has 0 heterocycles. The van der Waals surface area contributed by atoms with E-state index in [1.807, 2.05) is 37.3 Å². The minimum atomic E-state index is 0.0314. The summed E-state index contributed by atoms with van der Waals surface area (Å²) in [6.07, 6.45) is 1.41. The first-order chi connectivity index (χ1) is 8.22. The first-order valence-electron chi connectivity index (χ1n) is 6.00. The molecule has 0 radical (unpaired) electrons. The maximum absolute atomic E-state index is 11.7. The van der Waals surface area contributed by atoms with Gasteiger partial charge in [-0.3, -0.25) is 4.79 Å². The molecule has 1 aromatic rings. The second-order valence-electron chi connectivity index (χ2n) is 4.12. The molecule has 0 aliphatic heterocycles. The number of benzene rings is 1. The van der Waals surface area contributed by atoms with Crippen molar-refractivity contribution in [2.45, 2.75) is 25.8 Å². The van der Waals surface area contributed by atoms with Crippen molar-refractivity contribution in [2.75, 3.05) is 18.4 Å². The second-order valence-corrected chi connectivity index (χ2v) is 4.12. The Morgan fingerprint density at radius 2 is 2.06 bits per heavy atom. The van der Waals surface area contributed by atoms with Gasteiger partial charge in [0.2, 0.25) is 5.91 Å². The first-order valence-corrected chi connectivity index (χ1v) is 6.00. The summed E-state index contributed by atoms with van der Waals surface area (Å²) in [5, 5.41) is 6.12. The van der Waals surface area contributed by atoms with E-state index in [-0.39, 0.29) is 11.9 Å². The van der Waals surface area contributed by atoms with Crippen LogP contribution in [0.3, 0.4) is 0 Å². The molecule has 1 rings (SSSR count). The lowest BCUT2D eigenvalue weighted by Gasteiger charge is -2.13. The van der Waals surface area contributed by atoms with Gasteiger partial charge in [-0.05, 0) is 38.6 Å². The summed E-state index contributed by atoms with van der Waals surface area (Å²) in [7, 11) is 0. The van der Waals surface area contributed by atoms with Crippen LogP contribution in [0.5, 0.6) is 0 Å². The Hall–Kier alpha value is -1.39. The van der Waals surface area contributed by atoms with Crippen LogP contribution in [-0.4, -0.2) is 25.0 Å². The van der Waals surface area contributed by atoms with Crippen LogP contribution in [-0.2, 0) is 4.79 Å². The summed E-state index contributed by atoms with van der Waals surface area (Å²) < 4.78 is 0. The molecular formula is C13H21N3O. The number of anilines is 1. The molecule has 0 spiro atoms. The van der Waals surface area contributed by atoms with E-state index in [2.05, 4.69) is 10.6 Å². The van der Waals surface area contributed by atoms with E-state index in [0.717, 1.165) is 18.7 Å². The molecule has 0 aliphatic rings. The zero-order valence-electron chi connectivity index (χ0n) is 10.3. The van der Waals surface area contributed by atoms with Gasteiger partial charge in [0.1, 0.15) is 0 Å². The van der Waals surface area contributed by atoms with E-state index in [1.165, 1.54) is 0 Å². The molecular weight excluding hydrogens is 214 g/mol. The SMILES string of the molecule is CC(CC(=O)Nc1ccccc1)NCCCN. The number of para-hydroxylation sites is 1. The third-order valence-corrected chi connectivity index (χ3v) is 2.42. The smallest absolute Gasteiger partial charge is 0.225 e. The average Bonchev–Trinajstić information content (AvgIpc) is 2.30. The monoisotopic (exact) mass is 235 g/mol. The fraction of sp³-hybridized carbons (Fsp3) is 0.462. The highest BCUT2D eigenvalue weighted by Gasteiger charge is 2.08. The van der Waals surface area contributed by atoms with Gasteiger partial charge in [0.15, 0.2) is 0 Å². The third kappa shape index (κ3) is 6.04. The summed E-state index contributed by atoms with van der Waals surface area (Å²) in [5.74, 6) is 0.0314. The molecule has 0 bridgehead atoms. The fourth-order valence-electron chi connectivity index (χ4n) is 1.53. The van der Waals surface area contributed by atoms with Crippen molar-refractivity contribution in [1.29, 1.82) is 0 Å². The quantitative estimate of drug-likeness (QED) is 0.625. The normalized spacial score (nSPS) is 12.1. The van der Waals surface area contributed by atoms with Crippen molar-refractivity contribution in [3.05, 3.63) is 30.3 Å². The molecule has 17 heavy (non-hydrogen) atoms. The summed E-state index contributed by atoms with van der Waals surface area (Å²) in [5.41, 5.74) is 6.24. The van der Waals surface area contributed by atoms with Crippen LogP contribution < -0.4 is 16.4 Å². The van der Waals surface area contributed by atoms with Crippen LogP contribution in [0.25, 0.3) is 0 Å². The van der Waals surface area contributed by atoms with E-state index in [0.29, 0.717) is 13.0 Å². The highest BCUT2D eigenvalue weighted by molar-refractivity contribution is 5.90. The summed E-state index contributed by atoms with van der Waals surface area (Å²) >= 11 is 0. The Morgan fingerprint density at radius 1 is 1.35 bits per heavy atom. The lowest BCUT2D eigenvalue weighted by Crippen LogP contribution is -2.32. The Morgan fingerprint density at radius 3 is 2.71 bits per heavy atom. The second kappa shape index (κ2) is 7.81. The third-order valence-electron chi connectivity index (χ3n) is 2.42. The number of nitrogens with one attached hydrogen (secondary N) is 2. The zero-order chi connectivity index (χ0) is 12.5. The van der Waals surface area contributed by atoms with Gasteiger partial charge in [-0.1, -0.05) is 18.2 Å². The zero-order valence-corrected chi connectivity index (χ0v) is 10.3. The Labute approximate surface area is 103 Å². The van der Waals surface area contributed by atoms with Crippen LogP contribution in [0.1, 0.15) is 19.8 Å². The minimum Gasteiger partial charge on any atom is -0.330 e. The van der Waals surface area contributed by atoms with E-state index in [1.54, 1.807) is 0 Å². The highest BCUT2D eigenvalue weighted by Crippen LogP contribution is 2.06. The lowest BCUT2D eigenvalue weighted by atomic mass is 10.2. The number of carbonyl (C=O) groups is 1. The molecule has 94 valence electrons. The van der Waals surface area contributed by atoms with Crippen molar-refractivity contribution in [1.82, 2.24) is 5.32 Å². The van der Waals surface area contributed by atoms with E-state index in [4.69, 9.17) is 5.73 Å². The molecule has 0 fully saturated rings. The maximum Gasteiger partial charge on any atom is 0.225 e. The van der Waals surface area contributed by atoms with Gasteiger partial charge in [-0.15, -0.1) is 0 Å². The van der Waals surface area contributed by atoms with E-state index >= 15 is 0 Å². The van der Waals surface area contributed by atoms with Crippen LogP contribution in [0.2, 0.25) is 0 Å². The van der Waals surface area contributed by atoms with Crippen molar-refractivity contribution in [3.63, 3.8) is 0 Å². The predicted octanol–water partition coefficient (Wildman–Crippen LogP) is 1.34. The maximum atomic E-state index is 11.7. The van der Waals surface area contributed by atoms with Gasteiger partial charge in [-0.25, -0.2) is 0 Å². The molecule has 4 N–H and O–H groups in total. The van der Waals surface area contributed by atoms with Crippen LogP contribution in [0, 0.1) is 0 Å². The van der Waals surface area contributed by atoms with Gasteiger partial charge in [0.05, 0.1) is 0 Å². The molecule has 1 aromatic carbocycles. The highest BCUT2D eigenvalue weighted by atomic mass is 16.1. The van der Waals surface area contributed by atoms with Crippen molar-refractivity contribution >= 4 is 11.6 Å². The lowest BCUT2D eigenvalue weighted by molar-refractivity contribution is -0.116. The molecule has 0 aromatic heterocycles. The van der Waals surface area contributed by atoms with Gasteiger partial charge in [0.25, 0.3) is 0 Å². The standard InChI is InChI=1S/C13H21N3O/c1-11(15-9-5-8-14)10-13(17)16-12-6-3-2-4-7-12/h2-4,6-7,11,15H,5,8-10,14H2,1H3,(H,16,17). The fourth-order valence-corrected chi connectivity index (χ4v) is 1.53. The summed E-state index contributed by atoms with van der Waals surface area (Å²) in [6.45, 7) is 3.54. The van der Waals surface area contributed by atoms with Crippen molar-refractivity contribution in [3.8, 4) is 0 Å². The van der Waals surface area contributed by atoms with E-state index < -0.39 is 0 Å². The predicted molar refractivity (Wildman–Crippen MR) is 70.8 cm³/mol.